The first kappa shape index (κ1) is 41.2. The summed E-state index contributed by atoms with van der Waals surface area (Å²) in [6.45, 7) is 9.23. The average molecular weight is 749 g/mol. The number of fused-ring (bicyclic) bond motifs is 2. The van der Waals surface area contributed by atoms with Crippen molar-refractivity contribution in [3.63, 3.8) is 0 Å². The number of hydrogen-bond donors (Lipinski definition) is 4. The van der Waals surface area contributed by atoms with Crippen molar-refractivity contribution >= 4 is 40.2 Å². The molecule has 4 aromatic rings. The summed E-state index contributed by atoms with van der Waals surface area (Å²) in [5.41, 5.74) is 4.29. The van der Waals surface area contributed by atoms with E-state index in [4.69, 9.17) is 0 Å². The summed E-state index contributed by atoms with van der Waals surface area (Å²) in [5.74, 6) is -1.15. The van der Waals surface area contributed by atoms with Gasteiger partial charge in [0.1, 0.15) is 6.04 Å². The molecule has 0 bridgehead atoms. The Labute approximate surface area is 326 Å². The van der Waals surface area contributed by atoms with Gasteiger partial charge in [-0.05, 0) is 74.0 Å². The van der Waals surface area contributed by atoms with Crippen LogP contribution in [0.15, 0.2) is 79.0 Å². The summed E-state index contributed by atoms with van der Waals surface area (Å²) in [7, 11) is 0. The fourth-order valence-corrected chi connectivity index (χ4v) is 7.41. The van der Waals surface area contributed by atoms with Gasteiger partial charge in [0, 0.05) is 61.0 Å². The van der Waals surface area contributed by atoms with Crippen molar-refractivity contribution in [1.29, 1.82) is 0 Å². The van der Waals surface area contributed by atoms with Crippen LogP contribution in [0.1, 0.15) is 121 Å². The van der Waals surface area contributed by atoms with E-state index in [1.807, 2.05) is 54.7 Å². The molecular weight excluding hydrogens is 689 g/mol. The number of likely N-dealkylation sites (N-methyl/N-ethyl adjacent to an activating group) is 1. The second-order valence-corrected chi connectivity index (χ2v) is 14.6. The highest BCUT2D eigenvalue weighted by molar-refractivity contribution is 6.23. The van der Waals surface area contributed by atoms with E-state index in [0.29, 0.717) is 29.8 Å². The van der Waals surface area contributed by atoms with Crippen molar-refractivity contribution in [2.24, 2.45) is 0 Å². The number of aromatic nitrogens is 1. The van der Waals surface area contributed by atoms with Crippen LogP contribution in [0.5, 0.6) is 0 Å². The van der Waals surface area contributed by atoms with Gasteiger partial charge < -0.3 is 25.8 Å². The van der Waals surface area contributed by atoms with E-state index >= 15 is 0 Å². The van der Waals surface area contributed by atoms with Crippen LogP contribution < -0.4 is 16.0 Å². The first-order valence-electron chi connectivity index (χ1n) is 20.5. The minimum atomic E-state index is -0.936. The van der Waals surface area contributed by atoms with Gasteiger partial charge in [-0.3, -0.25) is 24.1 Å². The number of H-pyrrole nitrogens is 1. The minimum absolute atomic E-state index is 0.0209. The number of nitrogens with one attached hydrogen (secondary N) is 4. The monoisotopic (exact) mass is 748 g/mol. The zero-order valence-electron chi connectivity index (χ0n) is 32.8. The van der Waals surface area contributed by atoms with Gasteiger partial charge in [-0.15, -0.1) is 0 Å². The molecule has 5 rings (SSSR count). The Hall–Kier alpha value is -4.96. The van der Waals surface area contributed by atoms with E-state index in [2.05, 4.69) is 39.7 Å². The molecule has 0 radical (unpaired) electrons. The van der Waals surface area contributed by atoms with Crippen molar-refractivity contribution in [1.82, 2.24) is 25.4 Å². The highest BCUT2D eigenvalue weighted by atomic mass is 16.2. The molecule has 0 spiro atoms. The number of nitrogens with zero attached hydrogens (tertiary/aromatic N) is 2. The Bertz CT molecular complexity index is 1800. The first-order valence-corrected chi connectivity index (χ1v) is 20.5. The van der Waals surface area contributed by atoms with Crippen molar-refractivity contribution in [3.05, 3.63) is 101 Å². The number of benzene rings is 3. The Morgan fingerprint density at radius 3 is 1.85 bits per heavy atom. The fourth-order valence-electron chi connectivity index (χ4n) is 7.41. The van der Waals surface area contributed by atoms with Crippen molar-refractivity contribution < 1.29 is 19.2 Å². The number of carbonyl (C=O) groups is 4. The lowest BCUT2D eigenvalue weighted by Crippen LogP contribution is -2.50. The predicted molar refractivity (Wildman–Crippen MR) is 222 cm³/mol. The van der Waals surface area contributed by atoms with Crippen molar-refractivity contribution in [3.8, 4) is 0 Å². The molecule has 4 N–H and O–H groups in total. The second kappa shape index (κ2) is 21.8. The largest absolute Gasteiger partial charge is 0.385 e. The van der Waals surface area contributed by atoms with Crippen molar-refractivity contribution in [2.75, 3.05) is 44.6 Å². The Morgan fingerprint density at radius 1 is 0.673 bits per heavy atom. The van der Waals surface area contributed by atoms with Crippen LogP contribution in [0.4, 0.5) is 5.69 Å². The topological polar surface area (TPSA) is 127 Å². The van der Waals surface area contributed by atoms with Crippen LogP contribution in [0.2, 0.25) is 0 Å². The number of rotatable bonds is 25. The molecule has 1 aromatic heterocycles. The maximum Gasteiger partial charge on any atom is 0.262 e. The van der Waals surface area contributed by atoms with Crippen LogP contribution in [0.3, 0.4) is 0 Å². The molecule has 1 unspecified atom stereocenters. The van der Waals surface area contributed by atoms with Gasteiger partial charge in [0.05, 0.1) is 11.1 Å². The van der Waals surface area contributed by atoms with Crippen molar-refractivity contribution in [2.45, 2.75) is 96.9 Å². The Morgan fingerprint density at radius 2 is 1.24 bits per heavy atom. The molecule has 0 aliphatic carbocycles. The molecule has 1 atom stereocenters. The zero-order chi connectivity index (χ0) is 38.8. The summed E-state index contributed by atoms with van der Waals surface area (Å²) in [6.07, 6.45) is 14.9. The third-order valence-electron chi connectivity index (χ3n) is 10.8. The van der Waals surface area contributed by atoms with E-state index in [9.17, 15) is 19.2 Å². The molecule has 1 aliphatic heterocycles. The molecule has 0 saturated carbocycles. The van der Waals surface area contributed by atoms with Crippen LogP contribution in [-0.2, 0) is 11.2 Å². The van der Waals surface area contributed by atoms with Gasteiger partial charge in [0.15, 0.2) is 0 Å². The number of imide groups is 1. The quantitative estimate of drug-likeness (QED) is 0.0403. The fraction of sp³-hybridized carbons (Fsp3) is 0.467. The van der Waals surface area contributed by atoms with Crippen LogP contribution in [0.25, 0.3) is 10.9 Å². The molecule has 4 amide bonds. The SMILES string of the molecule is CCN(CC)CCNC(=O)c1ccc(NCCCCCCCCCCCCCNC(=O)C(Cc2c[nH]c3ccccc23)N2C(=O)c3ccccc3C2=O)cc1. The third kappa shape index (κ3) is 11.8. The number of anilines is 1. The van der Waals surface area contributed by atoms with E-state index in [-0.39, 0.29) is 18.2 Å². The van der Waals surface area contributed by atoms with Gasteiger partial charge >= 0.3 is 0 Å². The molecule has 10 heteroatoms. The van der Waals surface area contributed by atoms with Gasteiger partial charge in [-0.1, -0.05) is 102 Å². The number of unbranched alkanes of at least 4 members (excludes halogenated alkanes) is 10. The van der Waals surface area contributed by atoms with Crippen LogP contribution in [-0.4, -0.2) is 83.7 Å². The predicted octanol–water partition coefficient (Wildman–Crippen LogP) is 7.97. The van der Waals surface area contributed by atoms with Gasteiger partial charge in [0.25, 0.3) is 17.7 Å². The molecule has 294 valence electrons. The Kier molecular flexibility index (Phi) is 16.3. The van der Waals surface area contributed by atoms with Crippen LogP contribution >= 0.6 is 0 Å². The zero-order valence-corrected chi connectivity index (χ0v) is 32.8. The van der Waals surface area contributed by atoms with E-state index in [0.717, 1.165) is 78.9 Å². The smallest absolute Gasteiger partial charge is 0.262 e. The van der Waals surface area contributed by atoms with Gasteiger partial charge in [-0.25, -0.2) is 0 Å². The highest BCUT2D eigenvalue weighted by Crippen LogP contribution is 2.28. The number of carbonyl (C=O) groups excluding carboxylic acids is 4. The summed E-state index contributed by atoms with van der Waals surface area (Å²) >= 11 is 0. The minimum Gasteiger partial charge on any atom is -0.385 e. The van der Waals surface area contributed by atoms with Crippen LogP contribution in [0, 0.1) is 0 Å². The molecular formula is C45H60N6O4. The summed E-state index contributed by atoms with van der Waals surface area (Å²) in [4.78, 5) is 59.5. The summed E-state index contributed by atoms with van der Waals surface area (Å²) in [5, 5.41) is 10.5. The second-order valence-electron chi connectivity index (χ2n) is 14.6. The number of amides is 4. The first-order chi connectivity index (χ1) is 26.9. The number of para-hydroxylation sites is 1. The lowest BCUT2D eigenvalue weighted by molar-refractivity contribution is -0.125. The molecule has 2 heterocycles. The third-order valence-corrected chi connectivity index (χ3v) is 10.8. The number of aromatic amines is 1. The normalized spacial score (nSPS) is 13.0. The van der Waals surface area contributed by atoms with Gasteiger partial charge in [-0.2, -0.15) is 0 Å². The molecule has 1 aliphatic rings. The standard InChI is InChI=1S/C45H60N6O4/c1-3-50(4-2)31-30-48-42(52)34-24-26-36(27-25-34)46-28-18-12-10-8-6-5-7-9-11-13-19-29-47-43(53)41(32-35-33-49-40-23-17-16-20-37(35)40)51-44(54)38-21-14-15-22-39(38)45(51)55/h14-17,20-27,33,41,46,49H,3-13,18-19,28-32H2,1-2H3,(H,47,53)(H,48,52). The number of hydrogen-bond acceptors (Lipinski definition) is 6. The molecule has 0 saturated heterocycles. The van der Waals surface area contributed by atoms with Gasteiger partial charge in [0.2, 0.25) is 5.91 Å². The molecule has 0 fully saturated rings. The summed E-state index contributed by atoms with van der Waals surface area (Å²) < 4.78 is 0. The lowest BCUT2D eigenvalue weighted by atomic mass is 10.0. The molecule has 55 heavy (non-hydrogen) atoms. The average Bonchev–Trinajstić information content (AvgIpc) is 3.73. The molecule has 3 aromatic carbocycles. The van der Waals surface area contributed by atoms with E-state index in [1.54, 1.807) is 24.3 Å². The maximum atomic E-state index is 13.6. The molecule has 10 nitrogen and oxygen atoms in total. The Balaban J connectivity index is 0.903. The lowest BCUT2D eigenvalue weighted by Gasteiger charge is -2.25. The highest BCUT2D eigenvalue weighted by Gasteiger charge is 2.42. The summed E-state index contributed by atoms with van der Waals surface area (Å²) in [6, 6.07) is 21.4. The van der Waals surface area contributed by atoms with E-state index in [1.165, 1.54) is 44.9 Å². The van der Waals surface area contributed by atoms with E-state index < -0.39 is 17.9 Å². The maximum absolute atomic E-state index is 13.6.